The Morgan fingerprint density at radius 2 is 1.13 bits per heavy atom. The van der Waals surface area contributed by atoms with E-state index in [0.717, 1.165) is 5.92 Å². The molecule has 0 aromatic carbocycles. The summed E-state index contributed by atoms with van der Waals surface area (Å²) in [6.07, 6.45) is 2.62. The molecule has 0 nitrogen and oxygen atoms in total. The maximum Gasteiger partial charge on any atom is -0.0323 e. The van der Waals surface area contributed by atoms with E-state index in [0.29, 0.717) is 16.2 Å². The second-order valence-corrected chi connectivity index (χ2v) is 8.39. The van der Waals surface area contributed by atoms with Crippen molar-refractivity contribution in [2.24, 2.45) is 22.2 Å². The van der Waals surface area contributed by atoms with E-state index < -0.39 is 0 Å². The fourth-order valence-electron chi connectivity index (χ4n) is 2.74. The van der Waals surface area contributed by atoms with Crippen LogP contribution in [0.5, 0.6) is 0 Å². The lowest BCUT2D eigenvalue weighted by atomic mass is 9.66. The fourth-order valence-corrected chi connectivity index (χ4v) is 2.74. The number of hydrogen-bond donors (Lipinski definition) is 0. The lowest BCUT2D eigenvalue weighted by molar-refractivity contribution is 0.107. The molecule has 0 fully saturated rings. The smallest absolute Gasteiger partial charge is 0.0323 e. The van der Waals surface area contributed by atoms with Crippen LogP contribution in [0.4, 0.5) is 0 Å². The summed E-state index contributed by atoms with van der Waals surface area (Å²) in [6, 6.07) is 0. The normalized spacial score (nSPS) is 16.6. The van der Waals surface area contributed by atoms with Gasteiger partial charge < -0.3 is 0 Å². The first-order valence-electron chi connectivity index (χ1n) is 6.33. The largest absolute Gasteiger partial charge is 0.0620 e. The molecule has 1 atom stereocenters. The summed E-state index contributed by atoms with van der Waals surface area (Å²) in [6.45, 7) is 21.3. The fraction of sp³-hybridized carbons (Fsp3) is 1.00. The maximum atomic E-state index is 2.43. The first-order valence-corrected chi connectivity index (χ1v) is 6.33. The molecular formula is C15H32. The molecule has 0 rings (SSSR count). The Labute approximate surface area is 97.8 Å². The van der Waals surface area contributed by atoms with Crippen LogP contribution in [0.1, 0.15) is 75.2 Å². The average Bonchev–Trinajstić information content (AvgIpc) is 1.75. The van der Waals surface area contributed by atoms with Crippen LogP contribution in [0.15, 0.2) is 0 Å². The molecule has 0 heteroatoms. The van der Waals surface area contributed by atoms with Crippen LogP contribution in [0.25, 0.3) is 0 Å². The van der Waals surface area contributed by atoms with Gasteiger partial charge in [-0.05, 0) is 35.0 Å². The molecule has 0 N–H and O–H groups in total. The third-order valence-corrected chi connectivity index (χ3v) is 3.24. The molecule has 0 aliphatic rings. The van der Waals surface area contributed by atoms with Gasteiger partial charge in [0.1, 0.15) is 0 Å². The van der Waals surface area contributed by atoms with Crippen LogP contribution in [0.2, 0.25) is 0 Å². The van der Waals surface area contributed by atoms with E-state index in [1.54, 1.807) is 0 Å². The van der Waals surface area contributed by atoms with Crippen molar-refractivity contribution in [3.63, 3.8) is 0 Å². The SMILES string of the molecule is CC(CC(C)(C)C)C(C)(C)CC(C)(C)C. The van der Waals surface area contributed by atoms with Gasteiger partial charge in [0, 0.05) is 0 Å². The van der Waals surface area contributed by atoms with Crippen molar-refractivity contribution in [2.45, 2.75) is 75.2 Å². The highest BCUT2D eigenvalue weighted by atomic mass is 14.4. The molecule has 0 amide bonds. The lowest BCUT2D eigenvalue weighted by Crippen LogP contribution is -2.30. The van der Waals surface area contributed by atoms with Crippen molar-refractivity contribution in [1.82, 2.24) is 0 Å². The minimum Gasteiger partial charge on any atom is -0.0620 e. The van der Waals surface area contributed by atoms with Gasteiger partial charge in [-0.25, -0.2) is 0 Å². The van der Waals surface area contributed by atoms with Gasteiger partial charge in [-0.1, -0.05) is 62.3 Å². The Kier molecular flexibility index (Phi) is 4.47. The summed E-state index contributed by atoms with van der Waals surface area (Å²) in [5.74, 6) is 0.789. The molecule has 0 heterocycles. The molecule has 0 saturated carbocycles. The highest BCUT2D eigenvalue weighted by Gasteiger charge is 2.32. The zero-order valence-electron chi connectivity index (χ0n) is 12.5. The Morgan fingerprint density at radius 1 is 0.733 bits per heavy atom. The van der Waals surface area contributed by atoms with Gasteiger partial charge in [-0.15, -0.1) is 0 Å². The summed E-state index contributed by atoms with van der Waals surface area (Å²) in [4.78, 5) is 0. The van der Waals surface area contributed by atoms with E-state index in [9.17, 15) is 0 Å². The topological polar surface area (TPSA) is 0 Å². The standard InChI is InChI=1S/C15H32/c1-12(10-13(2,3)4)15(8,9)11-14(5,6)7/h12H,10-11H2,1-9H3. The molecule has 1 unspecified atom stereocenters. The molecule has 0 radical (unpaired) electrons. The summed E-state index contributed by atoms with van der Waals surface area (Å²) in [7, 11) is 0. The summed E-state index contributed by atoms with van der Waals surface area (Å²) >= 11 is 0. The molecule has 0 spiro atoms. The molecule has 15 heavy (non-hydrogen) atoms. The highest BCUT2D eigenvalue weighted by Crippen LogP contribution is 2.43. The van der Waals surface area contributed by atoms with E-state index in [4.69, 9.17) is 0 Å². The molecule has 0 aliphatic heterocycles. The molecule has 92 valence electrons. The van der Waals surface area contributed by atoms with E-state index in [1.807, 2.05) is 0 Å². The molecule has 0 aromatic rings. The zero-order chi connectivity index (χ0) is 12.5. The molecule has 0 bridgehead atoms. The van der Waals surface area contributed by atoms with E-state index in [2.05, 4.69) is 62.3 Å². The van der Waals surface area contributed by atoms with Gasteiger partial charge in [0.25, 0.3) is 0 Å². The van der Waals surface area contributed by atoms with Gasteiger partial charge in [0.2, 0.25) is 0 Å². The van der Waals surface area contributed by atoms with Crippen LogP contribution in [0.3, 0.4) is 0 Å². The maximum absolute atomic E-state index is 2.43. The predicted octanol–water partition coefficient (Wildman–Crippen LogP) is 5.52. The monoisotopic (exact) mass is 212 g/mol. The second kappa shape index (κ2) is 4.47. The first kappa shape index (κ1) is 15.0. The van der Waals surface area contributed by atoms with E-state index in [-0.39, 0.29) is 0 Å². The van der Waals surface area contributed by atoms with Crippen molar-refractivity contribution < 1.29 is 0 Å². The Bertz CT molecular complexity index is 185. The van der Waals surface area contributed by atoms with Crippen LogP contribution in [-0.2, 0) is 0 Å². The third kappa shape index (κ3) is 6.98. The Hall–Kier alpha value is 0. The molecule has 0 aromatic heterocycles. The summed E-state index contributed by atoms with van der Waals surface area (Å²) < 4.78 is 0. The van der Waals surface area contributed by atoms with Crippen molar-refractivity contribution in [2.75, 3.05) is 0 Å². The summed E-state index contributed by atoms with van der Waals surface area (Å²) in [5.41, 5.74) is 1.34. The van der Waals surface area contributed by atoms with Crippen LogP contribution in [-0.4, -0.2) is 0 Å². The minimum atomic E-state index is 0.440. The molecule has 0 saturated heterocycles. The van der Waals surface area contributed by atoms with Crippen molar-refractivity contribution >= 4 is 0 Å². The van der Waals surface area contributed by atoms with Crippen LogP contribution in [0, 0.1) is 22.2 Å². The zero-order valence-corrected chi connectivity index (χ0v) is 12.5. The molecular weight excluding hydrogens is 180 g/mol. The van der Waals surface area contributed by atoms with Crippen LogP contribution < -0.4 is 0 Å². The van der Waals surface area contributed by atoms with Gasteiger partial charge in [0.05, 0.1) is 0 Å². The van der Waals surface area contributed by atoms with Gasteiger partial charge in [-0.3, -0.25) is 0 Å². The summed E-state index contributed by atoms with van der Waals surface area (Å²) in [5, 5.41) is 0. The highest BCUT2D eigenvalue weighted by molar-refractivity contribution is 4.83. The number of rotatable bonds is 3. The van der Waals surface area contributed by atoms with Crippen molar-refractivity contribution in [3.05, 3.63) is 0 Å². The van der Waals surface area contributed by atoms with E-state index in [1.165, 1.54) is 12.8 Å². The van der Waals surface area contributed by atoms with Crippen LogP contribution >= 0.6 is 0 Å². The Balaban J connectivity index is 4.46. The third-order valence-electron chi connectivity index (χ3n) is 3.24. The minimum absolute atomic E-state index is 0.440. The Morgan fingerprint density at radius 3 is 1.40 bits per heavy atom. The lowest BCUT2D eigenvalue weighted by Gasteiger charge is -2.40. The number of hydrogen-bond acceptors (Lipinski definition) is 0. The van der Waals surface area contributed by atoms with Gasteiger partial charge in [0.15, 0.2) is 0 Å². The first-order chi connectivity index (χ1) is 6.33. The van der Waals surface area contributed by atoms with Crippen molar-refractivity contribution in [3.8, 4) is 0 Å². The van der Waals surface area contributed by atoms with E-state index >= 15 is 0 Å². The predicted molar refractivity (Wildman–Crippen MR) is 71.1 cm³/mol. The van der Waals surface area contributed by atoms with Crippen molar-refractivity contribution in [1.29, 1.82) is 0 Å². The van der Waals surface area contributed by atoms with Gasteiger partial charge >= 0.3 is 0 Å². The second-order valence-electron chi connectivity index (χ2n) is 8.39. The average molecular weight is 212 g/mol. The quantitative estimate of drug-likeness (QED) is 0.577. The molecule has 0 aliphatic carbocycles. The van der Waals surface area contributed by atoms with Gasteiger partial charge in [-0.2, -0.15) is 0 Å².